The second-order valence-corrected chi connectivity index (χ2v) is 4.43. The van der Waals surface area contributed by atoms with Crippen LogP contribution >= 0.6 is 0 Å². The summed E-state index contributed by atoms with van der Waals surface area (Å²) in [5.74, 6) is 0.592. The summed E-state index contributed by atoms with van der Waals surface area (Å²) in [4.78, 5) is 24.8. The minimum atomic E-state index is -0.336. The van der Waals surface area contributed by atoms with Crippen LogP contribution in [0.4, 0.5) is 0 Å². The lowest BCUT2D eigenvalue weighted by molar-refractivity contribution is 0.273. The molecule has 3 N–H and O–H groups in total. The molecule has 88 valence electrons. The first-order valence-corrected chi connectivity index (χ1v) is 5.72. The van der Waals surface area contributed by atoms with E-state index in [4.69, 9.17) is 5.73 Å². The number of H-pyrrole nitrogens is 1. The van der Waals surface area contributed by atoms with Gasteiger partial charge in [-0.05, 0) is 38.1 Å². The Hall–Kier alpha value is -1.36. The molecule has 1 aliphatic rings. The van der Waals surface area contributed by atoms with E-state index in [1.807, 2.05) is 0 Å². The van der Waals surface area contributed by atoms with E-state index in [9.17, 15) is 9.59 Å². The van der Waals surface area contributed by atoms with Crippen molar-refractivity contribution in [1.82, 2.24) is 9.55 Å². The number of hydrogen-bond acceptors (Lipinski definition) is 3. The minimum absolute atomic E-state index is 0.215. The number of rotatable bonds is 2. The second kappa shape index (κ2) is 4.65. The molecule has 0 amide bonds. The van der Waals surface area contributed by atoms with Crippen molar-refractivity contribution >= 4 is 0 Å². The van der Waals surface area contributed by atoms with Crippen molar-refractivity contribution in [3.63, 3.8) is 0 Å². The summed E-state index contributed by atoms with van der Waals surface area (Å²) < 4.78 is 1.63. The summed E-state index contributed by atoms with van der Waals surface area (Å²) in [6, 6.07) is 1.61. The maximum atomic E-state index is 11.6. The minimum Gasteiger partial charge on any atom is -0.330 e. The van der Waals surface area contributed by atoms with E-state index in [2.05, 4.69) is 4.98 Å². The molecule has 5 nitrogen and oxygen atoms in total. The van der Waals surface area contributed by atoms with Gasteiger partial charge in [-0.25, -0.2) is 4.79 Å². The zero-order valence-electron chi connectivity index (χ0n) is 9.19. The van der Waals surface area contributed by atoms with Crippen molar-refractivity contribution in [2.24, 2.45) is 11.7 Å². The molecular weight excluding hydrogens is 206 g/mol. The molecule has 1 heterocycles. The van der Waals surface area contributed by atoms with Crippen molar-refractivity contribution in [2.75, 3.05) is 6.54 Å². The first-order valence-electron chi connectivity index (χ1n) is 5.72. The molecule has 0 aromatic carbocycles. The van der Waals surface area contributed by atoms with Crippen molar-refractivity contribution in [2.45, 2.75) is 31.7 Å². The monoisotopic (exact) mass is 223 g/mol. The Morgan fingerprint density at radius 3 is 2.56 bits per heavy atom. The Labute approximate surface area is 93.3 Å². The van der Waals surface area contributed by atoms with Gasteiger partial charge in [0.15, 0.2) is 0 Å². The highest BCUT2D eigenvalue weighted by Gasteiger charge is 2.21. The maximum Gasteiger partial charge on any atom is 0.328 e. The van der Waals surface area contributed by atoms with Gasteiger partial charge in [-0.15, -0.1) is 0 Å². The van der Waals surface area contributed by atoms with Gasteiger partial charge < -0.3 is 5.73 Å². The summed E-state index contributed by atoms with van der Waals surface area (Å²) >= 11 is 0. The predicted octanol–water partition coefficient (Wildman–Crippen LogP) is 0.227. The first kappa shape index (κ1) is 11.1. The molecule has 1 saturated carbocycles. The fourth-order valence-electron chi connectivity index (χ4n) is 2.37. The van der Waals surface area contributed by atoms with Crippen LogP contribution in [0.5, 0.6) is 0 Å². The van der Waals surface area contributed by atoms with Crippen LogP contribution < -0.4 is 17.0 Å². The molecule has 0 spiro atoms. The molecular formula is C11H17N3O2. The van der Waals surface area contributed by atoms with E-state index in [0.29, 0.717) is 5.92 Å². The van der Waals surface area contributed by atoms with Crippen LogP contribution in [0.15, 0.2) is 21.9 Å². The lowest BCUT2D eigenvalue weighted by Crippen LogP contribution is -2.33. The zero-order chi connectivity index (χ0) is 11.5. The van der Waals surface area contributed by atoms with E-state index < -0.39 is 0 Å². The molecule has 5 heteroatoms. The molecule has 1 fully saturated rings. The van der Waals surface area contributed by atoms with Gasteiger partial charge >= 0.3 is 5.69 Å². The van der Waals surface area contributed by atoms with Gasteiger partial charge in [0.1, 0.15) is 0 Å². The number of aromatic amines is 1. The van der Waals surface area contributed by atoms with E-state index in [0.717, 1.165) is 32.2 Å². The molecule has 0 radical (unpaired) electrons. The van der Waals surface area contributed by atoms with Crippen LogP contribution in [0.1, 0.15) is 31.7 Å². The Bertz CT molecular complexity index is 455. The molecule has 2 rings (SSSR count). The van der Waals surface area contributed by atoms with Gasteiger partial charge in [0.25, 0.3) is 5.56 Å². The normalized spacial score (nSPS) is 25.6. The van der Waals surface area contributed by atoms with E-state index in [1.54, 1.807) is 10.8 Å². The summed E-state index contributed by atoms with van der Waals surface area (Å²) in [6.07, 6.45) is 5.65. The SMILES string of the molecule is NCC1CCC(n2ccc(=O)[nH]c2=O)CC1. The largest absolute Gasteiger partial charge is 0.330 e. The molecule has 0 unspecified atom stereocenters. The van der Waals surface area contributed by atoms with Crippen molar-refractivity contribution in [3.8, 4) is 0 Å². The van der Waals surface area contributed by atoms with Gasteiger partial charge in [0, 0.05) is 18.3 Å². The van der Waals surface area contributed by atoms with Gasteiger partial charge in [-0.1, -0.05) is 0 Å². The Kier molecular flexibility index (Phi) is 3.24. The standard InChI is InChI=1S/C11H17N3O2/c12-7-8-1-3-9(4-2-8)14-6-5-10(15)13-11(14)16/h5-6,8-9H,1-4,7,12H2,(H,13,15,16). The molecule has 0 bridgehead atoms. The fraction of sp³-hybridized carbons (Fsp3) is 0.636. The third-order valence-corrected chi connectivity index (χ3v) is 3.39. The summed E-state index contributed by atoms with van der Waals surface area (Å²) in [6.45, 7) is 0.729. The number of nitrogens with zero attached hydrogens (tertiary/aromatic N) is 1. The highest BCUT2D eigenvalue weighted by Crippen LogP contribution is 2.30. The predicted molar refractivity (Wildman–Crippen MR) is 61.4 cm³/mol. The fourth-order valence-corrected chi connectivity index (χ4v) is 2.37. The molecule has 1 aromatic rings. The van der Waals surface area contributed by atoms with Crippen molar-refractivity contribution in [1.29, 1.82) is 0 Å². The summed E-state index contributed by atoms with van der Waals surface area (Å²) in [7, 11) is 0. The van der Waals surface area contributed by atoms with E-state index in [1.165, 1.54) is 6.07 Å². The number of aromatic nitrogens is 2. The van der Waals surface area contributed by atoms with Crippen LogP contribution in [-0.4, -0.2) is 16.1 Å². The number of hydrogen-bond donors (Lipinski definition) is 2. The average molecular weight is 223 g/mol. The van der Waals surface area contributed by atoms with Crippen LogP contribution in [0, 0.1) is 5.92 Å². The molecule has 0 saturated heterocycles. The van der Waals surface area contributed by atoms with Gasteiger partial charge in [0.05, 0.1) is 0 Å². The third kappa shape index (κ3) is 2.24. The van der Waals surface area contributed by atoms with Crippen LogP contribution in [0.3, 0.4) is 0 Å². The van der Waals surface area contributed by atoms with Crippen LogP contribution in [0.2, 0.25) is 0 Å². The maximum absolute atomic E-state index is 11.6. The second-order valence-electron chi connectivity index (χ2n) is 4.43. The van der Waals surface area contributed by atoms with Crippen molar-refractivity contribution in [3.05, 3.63) is 33.1 Å². The van der Waals surface area contributed by atoms with Crippen LogP contribution in [-0.2, 0) is 0 Å². The highest BCUT2D eigenvalue weighted by atomic mass is 16.2. The number of nitrogens with one attached hydrogen (secondary N) is 1. The van der Waals surface area contributed by atoms with Gasteiger partial charge in [-0.3, -0.25) is 14.3 Å². The summed E-state index contributed by atoms with van der Waals surface area (Å²) in [5.41, 5.74) is 4.98. The van der Waals surface area contributed by atoms with Crippen molar-refractivity contribution < 1.29 is 0 Å². The smallest absolute Gasteiger partial charge is 0.328 e. The molecule has 1 aromatic heterocycles. The molecule has 0 aliphatic heterocycles. The zero-order valence-corrected chi connectivity index (χ0v) is 9.19. The lowest BCUT2D eigenvalue weighted by atomic mass is 9.86. The Morgan fingerprint density at radius 1 is 1.31 bits per heavy atom. The highest BCUT2D eigenvalue weighted by molar-refractivity contribution is 4.87. The summed E-state index contributed by atoms with van der Waals surface area (Å²) in [5, 5.41) is 0. The van der Waals surface area contributed by atoms with E-state index >= 15 is 0 Å². The third-order valence-electron chi connectivity index (χ3n) is 3.39. The quantitative estimate of drug-likeness (QED) is 0.753. The Morgan fingerprint density at radius 2 is 2.00 bits per heavy atom. The van der Waals surface area contributed by atoms with E-state index in [-0.39, 0.29) is 17.3 Å². The van der Waals surface area contributed by atoms with Gasteiger partial charge in [0.2, 0.25) is 0 Å². The molecule has 0 atom stereocenters. The average Bonchev–Trinajstić information content (AvgIpc) is 2.29. The number of nitrogens with two attached hydrogens (primary N) is 1. The van der Waals surface area contributed by atoms with Gasteiger partial charge in [-0.2, -0.15) is 0 Å². The van der Waals surface area contributed by atoms with Crippen LogP contribution in [0.25, 0.3) is 0 Å². The lowest BCUT2D eigenvalue weighted by Gasteiger charge is -2.28. The topological polar surface area (TPSA) is 80.9 Å². The molecule has 16 heavy (non-hydrogen) atoms. The Balaban J connectivity index is 2.14. The first-order chi connectivity index (χ1) is 7.70. The molecule has 1 aliphatic carbocycles.